The number of anilines is 1. The number of nitrogen functional groups attached to an aromatic ring is 1. The number of aliphatic hydroxyl groups is 1. The van der Waals surface area contributed by atoms with Crippen molar-refractivity contribution in [1.29, 1.82) is 5.26 Å². The number of H-pyrrole nitrogens is 1. The van der Waals surface area contributed by atoms with Crippen molar-refractivity contribution in [2.75, 3.05) is 5.73 Å². The van der Waals surface area contributed by atoms with Crippen molar-refractivity contribution in [3.8, 4) is 22.9 Å². The van der Waals surface area contributed by atoms with E-state index in [-0.39, 0.29) is 5.56 Å². The van der Waals surface area contributed by atoms with Gasteiger partial charge in [0, 0.05) is 28.9 Å². The topological polar surface area (TPSA) is 112 Å². The summed E-state index contributed by atoms with van der Waals surface area (Å²) in [7, 11) is 0. The third-order valence-corrected chi connectivity index (χ3v) is 5.38. The highest BCUT2D eigenvalue weighted by Crippen LogP contribution is 2.46. The first-order valence-corrected chi connectivity index (χ1v) is 9.30. The fourth-order valence-corrected chi connectivity index (χ4v) is 3.94. The highest BCUT2D eigenvalue weighted by Gasteiger charge is 2.45. The van der Waals surface area contributed by atoms with Crippen LogP contribution in [0.2, 0.25) is 0 Å². The number of nitrogens with two attached hydrogens (primary N) is 1. The highest BCUT2D eigenvalue weighted by atomic mass is 16.5. The molecule has 0 spiro atoms. The molecular weight excluding hydrogens is 366 g/mol. The Hall–Kier alpha value is -3.56. The molecule has 146 valence electrons. The fourth-order valence-electron chi connectivity index (χ4n) is 3.94. The summed E-state index contributed by atoms with van der Waals surface area (Å²) in [6.07, 6.45) is 0.570. The molecule has 0 saturated heterocycles. The Morgan fingerprint density at radius 1 is 1.21 bits per heavy atom. The Balaban J connectivity index is 2.02. The maximum atomic E-state index is 13.0. The summed E-state index contributed by atoms with van der Waals surface area (Å²) in [5.41, 5.74) is 8.21. The molecule has 0 unspecified atom stereocenters. The molecule has 0 saturated carbocycles. The van der Waals surface area contributed by atoms with Crippen LogP contribution in [0, 0.1) is 11.3 Å². The average Bonchev–Trinajstić information content (AvgIpc) is 2.69. The van der Waals surface area contributed by atoms with Crippen LogP contribution < -0.4 is 16.0 Å². The number of nitrogens with one attached hydrogen (secondary N) is 1. The molecule has 0 aliphatic carbocycles. The molecule has 1 aliphatic heterocycles. The molecule has 2 aromatic carbocycles. The Labute approximate surface area is 168 Å². The minimum Gasteiger partial charge on any atom is -0.485 e. The highest BCUT2D eigenvalue weighted by molar-refractivity contribution is 5.72. The Kier molecular flexibility index (Phi) is 4.40. The van der Waals surface area contributed by atoms with Crippen molar-refractivity contribution in [3.63, 3.8) is 0 Å². The van der Waals surface area contributed by atoms with E-state index in [2.05, 4.69) is 11.1 Å². The monoisotopic (exact) mass is 387 g/mol. The Bertz CT molecular complexity index is 1190. The number of aromatic nitrogens is 1. The van der Waals surface area contributed by atoms with Crippen LogP contribution >= 0.6 is 0 Å². The third kappa shape index (κ3) is 3.16. The summed E-state index contributed by atoms with van der Waals surface area (Å²) in [5.74, 6) is -0.130. The molecule has 6 heteroatoms. The molecule has 2 atom stereocenters. The SMILES string of the molecule is CC1(C)Oc2ccc(C#N)cc2[C@H](c2c(-c3cccc(N)c3)cc[nH]c2=O)[C@H]1O. The van der Waals surface area contributed by atoms with Gasteiger partial charge < -0.3 is 20.6 Å². The number of benzene rings is 2. The van der Waals surface area contributed by atoms with Gasteiger partial charge in [-0.05, 0) is 61.4 Å². The predicted octanol–water partition coefficient (Wildman–Crippen LogP) is 3.16. The minimum absolute atomic E-state index is 0.306. The van der Waals surface area contributed by atoms with E-state index >= 15 is 0 Å². The summed E-state index contributed by atoms with van der Waals surface area (Å²) in [6, 6.07) is 16.2. The summed E-state index contributed by atoms with van der Waals surface area (Å²) in [4.78, 5) is 15.7. The van der Waals surface area contributed by atoms with E-state index in [9.17, 15) is 15.2 Å². The standard InChI is InChI=1S/C23H21N3O3/c1-23(2)21(27)19(17-10-13(12-24)6-7-18(17)29-23)20-16(8-9-26-22(20)28)14-4-3-5-15(25)11-14/h3-11,19,21,27H,25H2,1-2H3,(H,26,28)/t19-,21-/m1/s1. The van der Waals surface area contributed by atoms with Crippen LogP contribution in [0.3, 0.4) is 0 Å². The van der Waals surface area contributed by atoms with Crippen LogP contribution in [0.15, 0.2) is 59.5 Å². The zero-order chi connectivity index (χ0) is 20.8. The van der Waals surface area contributed by atoms with E-state index in [0.29, 0.717) is 33.7 Å². The number of fused-ring (bicyclic) bond motifs is 1. The van der Waals surface area contributed by atoms with Crippen LogP contribution in [0.5, 0.6) is 5.75 Å². The van der Waals surface area contributed by atoms with Gasteiger partial charge in [0.25, 0.3) is 5.56 Å². The predicted molar refractivity (Wildman–Crippen MR) is 111 cm³/mol. The van der Waals surface area contributed by atoms with Gasteiger partial charge in [0.2, 0.25) is 0 Å². The molecule has 3 aromatic rings. The number of hydrogen-bond acceptors (Lipinski definition) is 5. The lowest BCUT2D eigenvalue weighted by Crippen LogP contribution is -2.50. The van der Waals surface area contributed by atoms with Gasteiger partial charge in [-0.25, -0.2) is 0 Å². The van der Waals surface area contributed by atoms with Crippen molar-refractivity contribution in [1.82, 2.24) is 4.98 Å². The zero-order valence-corrected chi connectivity index (χ0v) is 16.1. The maximum absolute atomic E-state index is 13.0. The van der Waals surface area contributed by atoms with Crippen molar-refractivity contribution < 1.29 is 9.84 Å². The number of aromatic amines is 1. The molecule has 6 nitrogen and oxygen atoms in total. The lowest BCUT2D eigenvalue weighted by Gasteiger charge is -2.42. The summed E-state index contributed by atoms with van der Waals surface area (Å²) in [6.45, 7) is 3.56. The molecule has 4 N–H and O–H groups in total. The molecule has 0 bridgehead atoms. The summed E-state index contributed by atoms with van der Waals surface area (Å²) >= 11 is 0. The smallest absolute Gasteiger partial charge is 0.252 e. The lowest BCUT2D eigenvalue weighted by molar-refractivity contribution is -0.0513. The van der Waals surface area contributed by atoms with Gasteiger partial charge in [-0.3, -0.25) is 4.79 Å². The molecule has 1 aromatic heterocycles. The largest absolute Gasteiger partial charge is 0.485 e. The van der Waals surface area contributed by atoms with Crippen molar-refractivity contribution >= 4 is 5.69 Å². The van der Waals surface area contributed by atoms with Crippen LogP contribution in [-0.4, -0.2) is 21.8 Å². The van der Waals surface area contributed by atoms with Crippen LogP contribution in [-0.2, 0) is 0 Å². The van der Waals surface area contributed by atoms with Gasteiger partial charge in [-0.2, -0.15) is 5.26 Å². The molecular formula is C23H21N3O3. The molecule has 2 heterocycles. The van der Waals surface area contributed by atoms with E-state index in [1.165, 1.54) is 0 Å². The first-order chi connectivity index (χ1) is 13.8. The number of ether oxygens (including phenoxy) is 1. The summed E-state index contributed by atoms with van der Waals surface area (Å²) < 4.78 is 6.00. The fraction of sp³-hybridized carbons (Fsp3) is 0.217. The van der Waals surface area contributed by atoms with Crippen molar-refractivity contribution in [3.05, 3.63) is 81.8 Å². The number of nitriles is 1. The number of pyridine rings is 1. The van der Waals surface area contributed by atoms with Gasteiger partial charge in [0.15, 0.2) is 0 Å². The van der Waals surface area contributed by atoms with Crippen molar-refractivity contribution in [2.24, 2.45) is 0 Å². The number of aliphatic hydroxyl groups excluding tert-OH is 1. The van der Waals surface area contributed by atoms with Gasteiger partial charge in [0.1, 0.15) is 17.5 Å². The van der Waals surface area contributed by atoms with Gasteiger partial charge in [-0.1, -0.05) is 12.1 Å². The number of hydrogen-bond donors (Lipinski definition) is 3. The minimum atomic E-state index is -1.01. The summed E-state index contributed by atoms with van der Waals surface area (Å²) in [5, 5.41) is 20.6. The molecule has 1 aliphatic rings. The second-order valence-electron chi connectivity index (χ2n) is 7.75. The molecule has 29 heavy (non-hydrogen) atoms. The van der Waals surface area contributed by atoms with Gasteiger partial charge in [0.05, 0.1) is 11.6 Å². The van der Waals surface area contributed by atoms with Crippen LogP contribution in [0.4, 0.5) is 5.69 Å². The number of nitrogens with zero attached hydrogens (tertiary/aromatic N) is 1. The normalized spacial score (nSPS) is 19.7. The Morgan fingerprint density at radius 2 is 2.00 bits per heavy atom. The van der Waals surface area contributed by atoms with Gasteiger partial charge >= 0.3 is 0 Å². The molecule has 4 rings (SSSR count). The Morgan fingerprint density at radius 3 is 2.72 bits per heavy atom. The first kappa shape index (κ1) is 18.8. The number of rotatable bonds is 2. The van der Waals surface area contributed by atoms with E-state index in [1.54, 1.807) is 56.4 Å². The third-order valence-electron chi connectivity index (χ3n) is 5.38. The van der Waals surface area contributed by atoms with Crippen LogP contribution in [0.1, 0.15) is 36.5 Å². The second kappa shape index (κ2) is 6.80. The first-order valence-electron chi connectivity index (χ1n) is 9.30. The van der Waals surface area contributed by atoms with Crippen molar-refractivity contribution in [2.45, 2.75) is 31.5 Å². The van der Waals surface area contributed by atoms with E-state index in [0.717, 1.165) is 5.56 Å². The lowest BCUT2D eigenvalue weighted by atomic mass is 9.75. The van der Waals surface area contributed by atoms with E-state index < -0.39 is 17.6 Å². The quantitative estimate of drug-likeness (QED) is 0.585. The molecule has 0 fully saturated rings. The molecule has 0 radical (unpaired) electrons. The average molecular weight is 387 g/mol. The zero-order valence-electron chi connectivity index (χ0n) is 16.1. The van der Waals surface area contributed by atoms with E-state index in [4.69, 9.17) is 10.5 Å². The van der Waals surface area contributed by atoms with E-state index in [1.807, 2.05) is 12.1 Å². The maximum Gasteiger partial charge on any atom is 0.252 e. The molecule has 0 amide bonds. The van der Waals surface area contributed by atoms with Gasteiger partial charge in [-0.15, -0.1) is 0 Å². The second-order valence-corrected chi connectivity index (χ2v) is 7.75. The van der Waals surface area contributed by atoms with Crippen LogP contribution in [0.25, 0.3) is 11.1 Å².